The topological polar surface area (TPSA) is 26.0 Å². The molecule has 0 aliphatic heterocycles. The molecule has 2 atom stereocenters. The average Bonchev–Trinajstić information content (AvgIpc) is 2.91. The second kappa shape index (κ2) is 8.82. The van der Waals surface area contributed by atoms with Gasteiger partial charge < -0.3 is 5.73 Å². The number of hydrogen-bond donors (Lipinski definition) is 1. The number of nitrogen functional groups attached to an aromatic ring is 1. The number of fused-ring (bicyclic) bond motifs is 2. The van der Waals surface area contributed by atoms with Crippen LogP contribution in [0.3, 0.4) is 0 Å². The van der Waals surface area contributed by atoms with Gasteiger partial charge in [-0.05, 0) is 63.6 Å². The van der Waals surface area contributed by atoms with Crippen LogP contribution in [0.25, 0.3) is 17.7 Å². The van der Waals surface area contributed by atoms with Crippen molar-refractivity contribution in [3.63, 3.8) is 0 Å². The minimum atomic E-state index is 0.250. The Morgan fingerprint density at radius 3 is 2.51 bits per heavy atom. The first-order chi connectivity index (χ1) is 17.2. The lowest BCUT2D eigenvalue weighted by Crippen LogP contribution is -2.09. The van der Waals surface area contributed by atoms with Crippen LogP contribution in [0, 0.1) is 12.1 Å². The Hall–Kier alpha value is -4.28. The smallest absolute Gasteiger partial charge is 0.0394 e. The number of rotatable bonds is 3. The van der Waals surface area contributed by atoms with E-state index >= 15 is 0 Å². The van der Waals surface area contributed by atoms with Crippen molar-refractivity contribution >= 4 is 23.4 Å². The molecule has 0 saturated heterocycles. The largest absolute Gasteiger partial charge is 0.398 e. The Kier molecular flexibility index (Phi) is 5.36. The highest BCUT2D eigenvalue weighted by atomic mass is 14.6. The Morgan fingerprint density at radius 1 is 0.857 bits per heavy atom. The Balaban J connectivity index is 1.49. The molecular formula is C34H27N. The summed E-state index contributed by atoms with van der Waals surface area (Å²) >= 11 is 0. The predicted molar refractivity (Wildman–Crippen MR) is 147 cm³/mol. The highest BCUT2D eigenvalue weighted by Crippen LogP contribution is 2.42. The van der Waals surface area contributed by atoms with Crippen molar-refractivity contribution in [3.8, 4) is 0 Å². The van der Waals surface area contributed by atoms with Crippen molar-refractivity contribution in [1.82, 2.24) is 0 Å². The van der Waals surface area contributed by atoms with Gasteiger partial charge in [0, 0.05) is 28.7 Å². The highest BCUT2D eigenvalue weighted by Gasteiger charge is 2.23. The molecule has 1 heteroatoms. The fraction of sp³-hybridized carbons (Fsp3) is 0.118. The van der Waals surface area contributed by atoms with E-state index in [0.29, 0.717) is 0 Å². The third-order valence-corrected chi connectivity index (χ3v) is 7.34. The maximum Gasteiger partial charge on any atom is 0.0394 e. The standard InChI is InChI=1S/C34H27N/c1-23-30-14-5-4-10-25(30)19-20-31(23)34(32-15-6-7-16-33(32)35)29-13-8-12-27(22-29)28-18-17-24-9-2-3-11-26(24)21-28/h2-7,9-11,13-20,22-23,28H,21,35H2,1H3/b34-31-. The lowest BCUT2D eigenvalue weighted by molar-refractivity contribution is 0.827. The number of para-hydroxylation sites is 1. The van der Waals surface area contributed by atoms with Gasteiger partial charge in [0.15, 0.2) is 0 Å². The van der Waals surface area contributed by atoms with Crippen molar-refractivity contribution in [2.75, 3.05) is 5.73 Å². The van der Waals surface area contributed by atoms with Crippen LogP contribution in [0.2, 0.25) is 0 Å². The quantitative estimate of drug-likeness (QED) is 0.317. The minimum Gasteiger partial charge on any atom is -0.398 e. The molecule has 2 unspecified atom stereocenters. The number of nitrogens with two attached hydrogens (primary N) is 1. The van der Waals surface area contributed by atoms with Crippen molar-refractivity contribution < 1.29 is 0 Å². The summed E-state index contributed by atoms with van der Waals surface area (Å²) < 4.78 is 0. The Labute approximate surface area is 208 Å². The molecule has 0 spiro atoms. The molecule has 0 amide bonds. The summed E-state index contributed by atoms with van der Waals surface area (Å²) in [4.78, 5) is 0. The van der Waals surface area contributed by atoms with Gasteiger partial charge in [-0.2, -0.15) is 0 Å². The van der Waals surface area contributed by atoms with Gasteiger partial charge in [-0.1, -0.05) is 110 Å². The summed E-state index contributed by atoms with van der Waals surface area (Å²) in [5, 5.41) is 0. The summed E-state index contributed by atoms with van der Waals surface area (Å²) in [6.45, 7) is 2.29. The fourth-order valence-electron chi connectivity index (χ4n) is 5.46. The first kappa shape index (κ1) is 21.3. The minimum absolute atomic E-state index is 0.250. The van der Waals surface area contributed by atoms with Gasteiger partial charge in [0.05, 0.1) is 0 Å². The second-order valence-electron chi connectivity index (χ2n) is 9.44. The van der Waals surface area contributed by atoms with Gasteiger partial charge in [0.1, 0.15) is 0 Å². The molecule has 2 aliphatic rings. The predicted octanol–water partition coefficient (Wildman–Crippen LogP) is 7.85. The van der Waals surface area contributed by atoms with E-state index < -0.39 is 0 Å². The SMILES string of the molecule is CC1/C(=C(/c2cc#cc(C3C=Cc4ccccc4C3)c2)c2ccccc2N)C=Cc2ccccc21. The molecule has 168 valence electrons. The van der Waals surface area contributed by atoms with Gasteiger partial charge in [-0.3, -0.25) is 0 Å². The van der Waals surface area contributed by atoms with E-state index in [-0.39, 0.29) is 11.8 Å². The molecule has 4 aromatic carbocycles. The number of benzene rings is 3. The number of anilines is 1. The van der Waals surface area contributed by atoms with Crippen molar-refractivity contribution in [3.05, 3.63) is 154 Å². The molecule has 2 aliphatic carbocycles. The van der Waals surface area contributed by atoms with Gasteiger partial charge >= 0.3 is 0 Å². The first-order valence-corrected chi connectivity index (χ1v) is 12.2. The molecule has 0 bridgehead atoms. The zero-order chi connectivity index (χ0) is 23.8. The molecule has 2 N–H and O–H groups in total. The van der Waals surface area contributed by atoms with Crippen LogP contribution in [-0.4, -0.2) is 0 Å². The van der Waals surface area contributed by atoms with Crippen molar-refractivity contribution in [2.24, 2.45) is 0 Å². The zero-order valence-corrected chi connectivity index (χ0v) is 19.8. The fourth-order valence-corrected chi connectivity index (χ4v) is 5.46. The highest BCUT2D eigenvalue weighted by molar-refractivity contribution is 5.91. The molecule has 35 heavy (non-hydrogen) atoms. The summed E-state index contributed by atoms with van der Waals surface area (Å²) in [7, 11) is 0. The van der Waals surface area contributed by atoms with Crippen LogP contribution >= 0.6 is 0 Å². The monoisotopic (exact) mass is 449 g/mol. The molecule has 0 heterocycles. The van der Waals surface area contributed by atoms with Gasteiger partial charge in [-0.25, -0.2) is 0 Å². The van der Waals surface area contributed by atoms with E-state index in [9.17, 15) is 0 Å². The molecular weight excluding hydrogens is 422 g/mol. The second-order valence-corrected chi connectivity index (χ2v) is 9.44. The van der Waals surface area contributed by atoms with E-state index in [1.54, 1.807) is 0 Å². The number of hydrogen-bond acceptors (Lipinski definition) is 1. The zero-order valence-electron chi connectivity index (χ0n) is 19.8. The van der Waals surface area contributed by atoms with Crippen LogP contribution in [0.4, 0.5) is 5.69 Å². The van der Waals surface area contributed by atoms with Gasteiger partial charge in [0.25, 0.3) is 0 Å². The van der Waals surface area contributed by atoms with E-state index in [1.807, 2.05) is 12.1 Å². The van der Waals surface area contributed by atoms with Gasteiger partial charge in [0.2, 0.25) is 0 Å². The van der Waals surface area contributed by atoms with Crippen LogP contribution in [-0.2, 0) is 6.42 Å². The number of allylic oxidation sites excluding steroid dienone is 3. The van der Waals surface area contributed by atoms with Crippen LogP contribution < -0.4 is 5.73 Å². The first-order valence-electron chi connectivity index (χ1n) is 12.2. The van der Waals surface area contributed by atoms with Crippen molar-refractivity contribution in [1.29, 1.82) is 0 Å². The molecule has 0 fully saturated rings. The molecule has 1 nitrogen and oxygen atoms in total. The molecule has 4 aromatic rings. The molecule has 0 radical (unpaired) electrons. The summed E-state index contributed by atoms with van der Waals surface area (Å²) in [6.07, 6.45) is 10.0. The molecule has 0 saturated carbocycles. The average molecular weight is 450 g/mol. The Morgan fingerprint density at radius 2 is 1.63 bits per heavy atom. The van der Waals surface area contributed by atoms with Crippen molar-refractivity contribution in [2.45, 2.75) is 25.2 Å². The van der Waals surface area contributed by atoms with Crippen LogP contribution in [0.5, 0.6) is 0 Å². The maximum atomic E-state index is 6.55. The normalized spacial score (nSPS) is 19.5. The summed E-state index contributed by atoms with van der Waals surface area (Å²) in [5.41, 5.74) is 18.5. The van der Waals surface area contributed by atoms with E-state index in [2.05, 4.69) is 116 Å². The van der Waals surface area contributed by atoms with Crippen LogP contribution in [0.15, 0.2) is 103 Å². The third-order valence-electron chi connectivity index (χ3n) is 7.34. The lowest BCUT2D eigenvalue weighted by atomic mass is 9.78. The van der Waals surface area contributed by atoms with Gasteiger partial charge in [-0.15, -0.1) is 0 Å². The maximum absolute atomic E-state index is 6.55. The summed E-state index contributed by atoms with van der Waals surface area (Å²) in [6, 6.07) is 36.6. The van der Waals surface area contributed by atoms with E-state index in [1.165, 1.54) is 33.4 Å². The molecule has 6 rings (SSSR count). The Bertz CT molecular complexity index is 1500. The van der Waals surface area contributed by atoms with E-state index in [0.717, 1.165) is 28.8 Å². The molecule has 0 aromatic heterocycles. The lowest BCUT2D eigenvalue weighted by Gasteiger charge is -2.26. The van der Waals surface area contributed by atoms with E-state index in [4.69, 9.17) is 5.73 Å². The summed E-state index contributed by atoms with van der Waals surface area (Å²) in [5.74, 6) is 0.528. The third kappa shape index (κ3) is 3.88. The van der Waals surface area contributed by atoms with Crippen LogP contribution in [0.1, 0.15) is 57.7 Å².